The molecule has 1 aliphatic carbocycles. The molecule has 0 saturated carbocycles. The lowest BCUT2D eigenvalue weighted by molar-refractivity contribution is 1.00. The highest BCUT2D eigenvalue weighted by Gasteiger charge is 2.20. The van der Waals surface area contributed by atoms with E-state index in [2.05, 4.69) is 124 Å². The van der Waals surface area contributed by atoms with Gasteiger partial charge in [0.25, 0.3) is 0 Å². The van der Waals surface area contributed by atoms with Crippen LogP contribution in [0.15, 0.2) is 152 Å². The van der Waals surface area contributed by atoms with Gasteiger partial charge >= 0.3 is 0 Å². The normalized spacial score (nSPS) is 12.2. The van der Waals surface area contributed by atoms with Gasteiger partial charge in [-0.25, -0.2) is 0 Å². The number of fused-ring (bicyclic) bond motifs is 6. The summed E-state index contributed by atoms with van der Waals surface area (Å²) in [4.78, 5) is 0. The molecule has 8 aromatic rings. The predicted octanol–water partition coefficient (Wildman–Crippen LogP) is 10.9. The molecule has 1 aliphatic rings. The van der Waals surface area contributed by atoms with Gasteiger partial charge in [0.15, 0.2) is 0 Å². The van der Waals surface area contributed by atoms with Crippen LogP contribution in [0.5, 0.6) is 0 Å². The van der Waals surface area contributed by atoms with Crippen LogP contribution in [0, 0.1) is 22.7 Å². The first-order chi connectivity index (χ1) is 24.2. The molecule has 0 radical (unpaired) electrons. The summed E-state index contributed by atoms with van der Waals surface area (Å²) in [5, 5.41) is 24.3. The summed E-state index contributed by atoms with van der Waals surface area (Å²) in [6.45, 7) is 0. The first-order valence-electron chi connectivity index (χ1n) is 16.4. The summed E-state index contributed by atoms with van der Waals surface area (Å²) < 4.78 is 4.55. The average Bonchev–Trinajstić information content (AvgIpc) is 3.54. The summed E-state index contributed by atoms with van der Waals surface area (Å²) in [6, 6.07) is 50.5. The molecule has 0 amide bonds. The largest absolute Gasteiger partial charge is 0.312 e. The van der Waals surface area contributed by atoms with E-state index in [0.29, 0.717) is 11.1 Å². The Balaban J connectivity index is 1.22. The first-order valence-corrected chi connectivity index (χ1v) is 16.4. The molecular weight excluding hydrogens is 597 g/mol. The third-order valence-electron chi connectivity index (χ3n) is 9.68. The minimum atomic E-state index is 0.543. The molecule has 49 heavy (non-hydrogen) atoms. The highest BCUT2D eigenvalue weighted by molar-refractivity contribution is 6.09. The molecule has 228 valence electrons. The Labute approximate surface area is 283 Å². The van der Waals surface area contributed by atoms with Gasteiger partial charge in [-0.3, -0.25) is 0 Å². The zero-order chi connectivity index (χ0) is 32.9. The molecule has 0 aliphatic heterocycles. The number of allylic oxidation sites excluding steroid dienone is 3. The van der Waals surface area contributed by atoms with Gasteiger partial charge in [0, 0.05) is 45.0 Å². The van der Waals surface area contributed by atoms with Crippen molar-refractivity contribution in [3.63, 3.8) is 0 Å². The number of nitrogens with zero attached hydrogens (tertiary/aromatic N) is 4. The molecule has 0 saturated heterocycles. The van der Waals surface area contributed by atoms with Crippen molar-refractivity contribution < 1.29 is 0 Å². The minimum absolute atomic E-state index is 0.543. The molecule has 0 fully saturated rings. The Bertz CT molecular complexity index is 2720. The van der Waals surface area contributed by atoms with E-state index in [4.69, 9.17) is 0 Å². The summed E-state index contributed by atoms with van der Waals surface area (Å²) in [5.41, 5.74) is 12.4. The van der Waals surface area contributed by atoms with Crippen molar-refractivity contribution in [3.8, 4) is 45.8 Å². The second kappa shape index (κ2) is 11.4. The molecule has 6 aromatic carbocycles. The highest BCUT2D eigenvalue weighted by Crippen LogP contribution is 2.39. The Hall–Kier alpha value is -6.88. The van der Waals surface area contributed by atoms with Crippen molar-refractivity contribution in [2.45, 2.75) is 6.42 Å². The maximum absolute atomic E-state index is 10.5. The Morgan fingerprint density at radius 3 is 1.84 bits per heavy atom. The molecule has 4 nitrogen and oxygen atoms in total. The second-order valence-corrected chi connectivity index (χ2v) is 12.3. The molecular formula is C45H28N4. The minimum Gasteiger partial charge on any atom is -0.312 e. The number of nitriles is 2. The van der Waals surface area contributed by atoms with E-state index in [9.17, 15) is 10.5 Å². The third kappa shape index (κ3) is 4.43. The van der Waals surface area contributed by atoms with Crippen LogP contribution < -0.4 is 0 Å². The van der Waals surface area contributed by atoms with E-state index < -0.39 is 0 Å². The lowest BCUT2D eigenvalue weighted by Gasteiger charge is -2.17. The molecule has 0 N–H and O–H groups in total. The number of benzene rings is 6. The van der Waals surface area contributed by atoms with Crippen molar-refractivity contribution in [2.75, 3.05) is 0 Å². The van der Waals surface area contributed by atoms with Crippen LogP contribution in [0.3, 0.4) is 0 Å². The number of aromatic nitrogens is 2. The fraction of sp³-hybridized carbons (Fsp3) is 0.0222. The van der Waals surface area contributed by atoms with Crippen LogP contribution in [-0.4, -0.2) is 9.13 Å². The van der Waals surface area contributed by atoms with Crippen LogP contribution >= 0.6 is 0 Å². The van der Waals surface area contributed by atoms with Gasteiger partial charge in [-0.2, -0.15) is 10.5 Å². The Morgan fingerprint density at radius 1 is 0.490 bits per heavy atom. The molecule has 2 heterocycles. The number of para-hydroxylation sites is 4. The van der Waals surface area contributed by atoms with Gasteiger partial charge in [0.05, 0.1) is 45.1 Å². The lowest BCUT2D eigenvalue weighted by Crippen LogP contribution is -2.02. The predicted molar refractivity (Wildman–Crippen MR) is 200 cm³/mol. The molecule has 0 atom stereocenters. The number of hydrogen-bond acceptors (Lipinski definition) is 2. The maximum atomic E-state index is 10.5. The van der Waals surface area contributed by atoms with Gasteiger partial charge in [-0.15, -0.1) is 0 Å². The molecule has 0 unspecified atom stereocenters. The molecule has 9 rings (SSSR count). The van der Waals surface area contributed by atoms with E-state index in [1.807, 2.05) is 54.6 Å². The molecule has 0 spiro atoms. The number of hydrogen-bond donors (Lipinski definition) is 0. The lowest BCUT2D eigenvalue weighted by atomic mass is 9.93. The first kappa shape index (κ1) is 28.4. The van der Waals surface area contributed by atoms with Gasteiger partial charge < -0.3 is 9.13 Å². The second-order valence-electron chi connectivity index (χ2n) is 12.3. The molecule has 2 aromatic heterocycles. The quantitative estimate of drug-likeness (QED) is 0.196. The van der Waals surface area contributed by atoms with Crippen molar-refractivity contribution in [1.29, 1.82) is 10.5 Å². The SMILES string of the molecule is N#Cc1ccc(-c2ccccc2-n2c3c(c4ccccc42)C=CC=CC3)cc1-c1ccc(-n2c3ccccc3c3ccccc32)c(C#N)c1. The fourth-order valence-corrected chi connectivity index (χ4v) is 7.52. The topological polar surface area (TPSA) is 57.4 Å². The summed E-state index contributed by atoms with van der Waals surface area (Å²) in [5.74, 6) is 0. The van der Waals surface area contributed by atoms with Crippen LogP contribution in [0.2, 0.25) is 0 Å². The summed E-state index contributed by atoms with van der Waals surface area (Å²) >= 11 is 0. The van der Waals surface area contributed by atoms with E-state index in [-0.39, 0.29) is 0 Å². The highest BCUT2D eigenvalue weighted by atomic mass is 15.0. The van der Waals surface area contributed by atoms with Crippen molar-refractivity contribution in [2.24, 2.45) is 0 Å². The van der Waals surface area contributed by atoms with Gasteiger partial charge in [0.1, 0.15) is 6.07 Å². The Kier molecular flexibility index (Phi) is 6.61. The zero-order valence-electron chi connectivity index (χ0n) is 26.5. The van der Waals surface area contributed by atoms with E-state index in [1.54, 1.807) is 0 Å². The van der Waals surface area contributed by atoms with Crippen LogP contribution in [0.25, 0.3) is 72.4 Å². The van der Waals surface area contributed by atoms with Crippen LogP contribution in [-0.2, 0) is 6.42 Å². The van der Waals surface area contributed by atoms with Crippen LogP contribution in [0.1, 0.15) is 22.4 Å². The third-order valence-corrected chi connectivity index (χ3v) is 9.68. The zero-order valence-corrected chi connectivity index (χ0v) is 26.5. The van der Waals surface area contributed by atoms with E-state index in [1.165, 1.54) is 16.6 Å². The summed E-state index contributed by atoms with van der Waals surface area (Å²) in [7, 11) is 0. The Morgan fingerprint density at radius 2 is 1.10 bits per heavy atom. The van der Waals surface area contributed by atoms with Crippen molar-refractivity contribution in [1.82, 2.24) is 9.13 Å². The van der Waals surface area contributed by atoms with Gasteiger partial charge in [0.2, 0.25) is 0 Å². The molecule has 0 bridgehead atoms. The molecule has 4 heteroatoms. The maximum Gasteiger partial charge on any atom is 0.101 e. The van der Waals surface area contributed by atoms with Crippen molar-refractivity contribution in [3.05, 3.63) is 174 Å². The van der Waals surface area contributed by atoms with Gasteiger partial charge in [-0.1, -0.05) is 109 Å². The smallest absolute Gasteiger partial charge is 0.101 e. The fourth-order valence-electron chi connectivity index (χ4n) is 7.52. The summed E-state index contributed by atoms with van der Waals surface area (Å²) in [6.07, 6.45) is 9.45. The van der Waals surface area contributed by atoms with E-state index in [0.717, 1.165) is 67.4 Å². The monoisotopic (exact) mass is 624 g/mol. The number of rotatable bonds is 4. The standard InChI is InChI=1S/C45H28N4/c46-28-32-23-22-31(34-12-4-8-18-41(34)49-44-17-3-1-2-13-35(44)38-16-7-11-21-45(38)49)27-39(32)30-24-25-40(33(26-30)29-47)48-42-19-9-5-14-36(42)37-15-6-10-20-43(37)48/h1-16,18-27H,17H2. The van der Waals surface area contributed by atoms with E-state index >= 15 is 0 Å². The van der Waals surface area contributed by atoms with Crippen molar-refractivity contribution >= 4 is 38.8 Å². The van der Waals surface area contributed by atoms with Gasteiger partial charge in [-0.05, 0) is 59.7 Å². The van der Waals surface area contributed by atoms with Crippen LogP contribution in [0.4, 0.5) is 0 Å². The average molecular weight is 625 g/mol.